The molecule has 0 radical (unpaired) electrons. The summed E-state index contributed by atoms with van der Waals surface area (Å²) in [6.45, 7) is 4.38. The normalized spacial score (nSPS) is 10.3. The van der Waals surface area contributed by atoms with Crippen molar-refractivity contribution in [2.45, 2.75) is 33.1 Å². The van der Waals surface area contributed by atoms with Gasteiger partial charge in [0, 0.05) is 18.3 Å². The third-order valence-corrected chi connectivity index (χ3v) is 4.01. The van der Waals surface area contributed by atoms with Crippen LogP contribution in [0.2, 0.25) is 0 Å². The summed E-state index contributed by atoms with van der Waals surface area (Å²) in [5.74, 6) is -1.28. The van der Waals surface area contributed by atoms with Crippen molar-refractivity contribution < 1.29 is 9.18 Å². The van der Waals surface area contributed by atoms with E-state index in [2.05, 4.69) is 28.2 Å². The van der Waals surface area contributed by atoms with Crippen LogP contribution in [-0.4, -0.2) is 27.3 Å². The summed E-state index contributed by atoms with van der Waals surface area (Å²) in [4.78, 5) is 24.4. The van der Waals surface area contributed by atoms with E-state index in [-0.39, 0.29) is 16.5 Å². The van der Waals surface area contributed by atoms with Gasteiger partial charge in [0.2, 0.25) is 5.43 Å². The molecule has 9 heteroatoms. The molecule has 0 saturated carbocycles. The van der Waals surface area contributed by atoms with Crippen LogP contribution in [0.3, 0.4) is 0 Å². The molecular formula is C18H22FN5O2S. The number of carbonyl (C=O) groups excluding carboxylic acids is 1. The maximum absolute atomic E-state index is 14.0. The van der Waals surface area contributed by atoms with Crippen LogP contribution in [0.4, 0.5) is 4.39 Å². The third-order valence-electron chi connectivity index (χ3n) is 3.76. The van der Waals surface area contributed by atoms with Crippen molar-refractivity contribution in [2.24, 2.45) is 0 Å². The number of halogens is 1. The average molecular weight is 391 g/mol. The lowest BCUT2D eigenvalue weighted by molar-refractivity contribution is 0.0935. The zero-order valence-corrected chi connectivity index (χ0v) is 16.0. The molecule has 0 bridgehead atoms. The van der Waals surface area contributed by atoms with E-state index in [1.807, 2.05) is 0 Å². The molecule has 0 spiro atoms. The fraction of sp³-hybridized carbons (Fsp3) is 0.333. The predicted octanol–water partition coefficient (Wildman–Crippen LogP) is 1.98. The van der Waals surface area contributed by atoms with Crippen LogP contribution in [0.15, 0.2) is 35.1 Å². The fourth-order valence-corrected chi connectivity index (χ4v) is 2.52. The Morgan fingerprint density at radius 3 is 2.70 bits per heavy atom. The molecule has 0 aliphatic rings. The topological polar surface area (TPSA) is 88.0 Å². The Morgan fingerprint density at radius 1 is 1.26 bits per heavy atom. The quantitative estimate of drug-likeness (QED) is 0.397. The lowest BCUT2D eigenvalue weighted by Gasteiger charge is -2.13. The number of nitrogens with one attached hydrogen (secondary N) is 3. The third kappa shape index (κ3) is 5.58. The number of hydrogen-bond donors (Lipinski definition) is 3. The summed E-state index contributed by atoms with van der Waals surface area (Å²) in [5.41, 5.74) is 4.47. The molecule has 1 heterocycles. The van der Waals surface area contributed by atoms with E-state index in [4.69, 9.17) is 12.2 Å². The van der Waals surface area contributed by atoms with E-state index in [0.717, 1.165) is 19.3 Å². The molecule has 27 heavy (non-hydrogen) atoms. The van der Waals surface area contributed by atoms with E-state index in [9.17, 15) is 14.0 Å². The average Bonchev–Trinajstić information content (AvgIpc) is 2.64. The van der Waals surface area contributed by atoms with Gasteiger partial charge in [-0.25, -0.2) is 9.07 Å². The van der Waals surface area contributed by atoms with Crippen LogP contribution in [0.25, 0.3) is 5.69 Å². The van der Waals surface area contributed by atoms with Crippen LogP contribution < -0.4 is 21.6 Å². The Labute approximate surface area is 161 Å². The van der Waals surface area contributed by atoms with Crippen molar-refractivity contribution in [2.75, 3.05) is 6.54 Å². The summed E-state index contributed by atoms with van der Waals surface area (Å²) < 4.78 is 15.3. The first kappa shape index (κ1) is 20.5. The molecule has 0 fully saturated rings. The molecule has 7 nitrogen and oxygen atoms in total. The van der Waals surface area contributed by atoms with Crippen LogP contribution in [0.1, 0.15) is 42.4 Å². The Bertz CT molecular complexity index is 884. The number of amides is 1. The van der Waals surface area contributed by atoms with Crippen molar-refractivity contribution >= 4 is 23.2 Å². The molecule has 0 aliphatic carbocycles. The summed E-state index contributed by atoms with van der Waals surface area (Å²) in [6.07, 6.45) is 3.12. The van der Waals surface area contributed by atoms with Crippen molar-refractivity contribution in [3.63, 3.8) is 0 Å². The second-order valence-corrected chi connectivity index (χ2v) is 6.31. The van der Waals surface area contributed by atoms with E-state index >= 15 is 0 Å². The largest absolute Gasteiger partial charge is 0.361 e. The van der Waals surface area contributed by atoms with Crippen LogP contribution in [-0.2, 0) is 0 Å². The van der Waals surface area contributed by atoms with Gasteiger partial charge in [0.05, 0.1) is 0 Å². The molecular weight excluding hydrogens is 369 g/mol. The predicted molar refractivity (Wildman–Crippen MR) is 105 cm³/mol. The first-order chi connectivity index (χ1) is 12.9. The maximum Gasteiger partial charge on any atom is 0.294 e. The lowest BCUT2D eigenvalue weighted by atomic mass is 10.2. The molecule has 0 saturated heterocycles. The molecule has 1 aromatic carbocycles. The summed E-state index contributed by atoms with van der Waals surface area (Å²) in [7, 11) is 0. The van der Waals surface area contributed by atoms with Gasteiger partial charge in [-0.05, 0) is 37.7 Å². The minimum absolute atomic E-state index is 0.144. The van der Waals surface area contributed by atoms with Gasteiger partial charge in [-0.3, -0.25) is 20.4 Å². The molecule has 144 valence electrons. The first-order valence-corrected chi connectivity index (χ1v) is 9.05. The number of hydrogen-bond acceptors (Lipinski definition) is 4. The zero-order chi connectivity index (χ0) is 19.8. The van der Waals surface area contributed by atoms with E-state index in [0.29, 0.717) is 12.2 Å². The Kier molecular flexibility index (Phi) is 7.42. The zero-order valence-electron chi connectivity index (χ0n) is 15.2. The van der Waals surface area contributed by atoms with Gasteiger partial charge < -0.3 is 5.32 Å². The number of aryl methyl sites for hydroxylation is 1. The fourth-order valence-electron chi connectivity index (χ4n) is 2.37. The first-order valence-electron chi connectivity index (χ1n) is 8.64. The van der Waals surface area contributed by atoms with Gasteiger partial charge in [-0.2, -0.15) is 5.10 Å². The van der Waals surface area contributed by atoms with Gasteiger partial charge in [-0.1, -0.05) is 31.9 Å². The Hall–Kier alpha value is -2.81. The van der Waals surface area contributed by atoms with Crippen LogP contribution in [0, 0.1) is 12.7 Å². The Morgan fingerprint density at radius 2 is 2.00 bits per heavy atom. The number of carbonyl (C=O) groups is 1. The van der Waals surface area contributed by atoms with Crippen molar-refractivity contribution in [1.82, 2.24) is 25.9 Å². The van der Waals surface area contributed by atoms with E-state index < -0.39 is 17.2 Å². The van der Waals surface area contributed by atoms with Crippen LogP contribution in [0.5, 0.6) is 0 Å². The molecule has 2 rings (SSSR count). The van der Waals surface area contributed by atoms with Crippen molar-refractivity contribution in [1.29, 1.82) is 0 Å². The number of aromatic nitrogens is 2. The van der Waals surface area contributed by atoms with Gasteiger partial charge in [0.25, 0.3) is 5.91 Å². The highest BCUT2D eigenvalue weighted by molar-refractivity contribution is 7.80. The lowest BCUT2D eigenvalue weighted by Crippen LogP contribution is -2.48. The van der Waals surface area contributed by atoms with Gasteiger partial charge in [0.15, 0.2) is 10.8 Å². The molecule has 1 amide bonds. The highest BCUT2D eigenvalue weighted by atomic mass is 32.1. The summed E-state index contributed by atoms with van der Waals surface area (Å²) in [5, 5.41) is 7.20. The molecule has 0 aliphatic heterocycles. The highest BCUT2D eigenvalue weighted by Gasteiger charge is 2.16. The molecule has 0 unspecified atom stereocenters. The van der Waals surface area contributed by atoms with Crippen molar-refractivity contribution in [3.8, 4) is 5.69 Å². The van der Waals surface area contributed by atoms with Gasteiger partial charge >= 0.3 is 0 Å². The molecule has 0 atom stereocenters. The molecule has 3 N–H and O–H groups in total. The number of thiocarbonyl (C=S) groups is 1. The summed E-state index contributed by atoms with van der Waals surface area (Å²) >= 11 is 5.05. The minimum atomic E-state index is -0.761. The van der Waals surface area contributed by atoms with Gasteiger partial charge in [0.1, 0.15) is 11.5 Å². The summed E-state index contributed by atoms with van der Waals surface area (Å²) in [6, 6.07) is 7.20. The minimum Gasteiger partial charge on any atom is -0.361 e. The van der Waals surface area contributed by atoms with E-state index in [1.54, 1.807) is 19.1 Å². The second-order valence-electron chi connectivity index (χ2n) is 5.90. The van der Waals surface area contributed by atoms with Gasteiger partial charge in [-0.15, -0.1) is 0 Å². The monoisotopic (exact) mass is 391 g/mol. The standard InChI is InChI=1S/C18H22FN5O2S/c1-3-4-7-10-20-18(27)22-21-17(26)16-15(25)11-12(2)24(23-16)14-9-6-5-8-13(14)19/h5-6,8-9,11H,3-4,7,10H2,1-2H3,(H,21,26)(H2,20,22,27). The molecule has 1 aromatic heterocycles. The number of hydrazine groups is 1. The van der Waals surface area contributed by atoms with Crippen molar-refractivity contribution in [3.05, 3.63) is 57.8 Å². The van der Waals surface area contributed by atoms with E-state index in [1.165, 1.54) is 22.9 Å². The number of para-hydroxylation sites is 1. The number of nitrogens with zero attached hydrogens (tertiary/aromatic N) is 2. The number of unbranched alkanes of at least 4 members (excludes halogenated alkanes) is 2. The highest BCUT2D eigenvalue weighted by Crippen LogP contribution is 2.12. The Balaban J connectivity index is 2.10. The maximum atomic E-state index is 14.0. The van der Waals surface area contributed by atoms with Crippen LogP contribution >= 0.6 is 12.2 Å². The number of rotatable bonds is 6. The SMILES string of the molecule is CCCCCNC(=S)NNC(=O)c1nn(-c2ccccc2F)c(C)cc1=O. The second kappa shape index (κ2) is 9.77. The smallest absolute Gasteiger partial charge is 0.294 e. The molecule has 2 aromatic rings. The number of benzene rings is 1.